The number of benzene rings is 1. The molecule has 1 aliphatic heterocycles. The maximum atomic E-state index is 15.1. The van der Waals surface area contributed by atoms with Gasteiger partial charge in [-0.15, -0.1) is 0 Å². The topological polar surface area (TPSA) is 106 Å². The van der Waals surface area contributed by atoms with E-state index in [1.54, 1.807) is 6.07 Å². The highest BCUT2D eigenvalue weighted by Crippen LogP contribution is 2.41. The molecule has 2 aromatic heterocycles. The maximum Gasteiger partial charge on any atom is 0.271 e. The average Bonchev–Trinajstić information content (AvgIpc) is 3.35. The van der Waals surface area contributed by atoms with Gasteiger partial charge in [-0.1, -0.05) is 5.16 Å². The van der Waals surface area contributed by atoms with Crippen LogP contribution in [0.15, 0.2) is 26.9 Å². The first-order valence-electron chi connectivity index (χ1n) is 9.47. The van der Waals surface area contributed by atoms with E-state index >= 15 is 4.39 Å². The summed E-state index contributed by atoms with van der Waals surface area (Å²) in [7, 11) is 1.47. The van der Waals surface area contributed by atoms with Gasteiger partial charge < -0.3 is 20.0 Å². The van der Waals surface area contributed by atoms with Crippen LogP contribution in [-0.4, -0.2) is 41.4 Å². The Bertz CT molecular complexity index is 1270. The van der Waals surface area contributed by atoms with Gasteiger partial charge in [0.25, 0.3) is 5.56 Å². The van der Waals surface area contributed by atoms with Crippen LogP contribution in [0.3, 0.4) is 0 Å². The molecule has 29 heavy (non-hydrogen) atoms. The number of nitrogens with zero attached hydrogens (tertiary/aromatic N) is 3. The van der Waals surface area contributed by atoms with Crippen LogP contribution in [0.1, 0.15) is 18.9 Å². The molecule has 8 nitrogen and oxygen atoms in total. The zero-order valence-electron chi connectivity index (χ0n) is 15.8. The zero-order valence-corrected chi connectivity index (χ0v) is 16.6. The Balaban J connectivity index is 1.73. The Morgan fingerprint density at radius 3 is 2.86 bits per heavy atom. The van der Waals surface area contributed by atoms with Gasteiger partial charge in [0.15, 0.2) is 0 Å². The second-order valence-corrected chi connectivity index (χ2v) is 8.34. The van der Waals surface area contributed by atoms with Crippen LogP contribution in [0, 0.1) is 11.7 Å². The lowest BCUT2D eigenvalue weighted by Gasteiger charge is -2.20. The van der Waals surface area contributed by atoms with Gasteiger partial charge >= 0.3 is 0 Å². The molecule has 5 rings (SSSR count). The van der Waals surface area contributed by atoms with Crippen molar-refractivity contribution in [1.82, 2.24) is 8.94 Å². The second-order valence-electron chi connectivity index (χ2n) is 7.54. The zero-order chi connectivity index (χ0) is 20.3. The summed E-state index contributed by atoms with van der Waals surface area (Å²) in [6, 6.07) is 3.19. The minimum Gasteiger partial charge on any atom is -0.399 e. The predicted molar refractivity (Wildman–Crippen MR) is 112 cm³/mol. The second kappa shape index (κ2) is 6.67. The van der Waals surface area contributed by atoms with Crippen molar-refractivity contribution in [1.29, 1.82) is 0 Å². The van der Waals surface area contributed by atoms with Crippen molar-refractivity contribution < 1.29 is 9.23 Å². The number of halogens is 1. The molecule has 3 aromatic rings. The molecular weight excluding hydrogens is 397 g/mol. The van der Waals surface area contributed by atoms with Crippen LogP contribution in [0.25, 0.3) is 21.1 Å². The van der Waals surface area contributed by atoms with Gasteiger partial charge in [0.1, 0.15) is 23.1 Å². The largest absolute Gasteiger partial charge is 0.399 e. The molecule has 1 aromatic carbocycles. The Morgan fingerprint density at radius 2 is 2.17 bits per heavy atom. The molecule has 1 saturated carbocycles. The van der Waals surface area contributed by atoms with E-state index in [-0.39, 0.29) is 22.7 Å². The number of nitrogens with one attached hydrogen (secondary N) is 1. The summed E-state index contributed by atoms with van der Waals surface area (Å²) >= 11 is 1.16. The number of hydrogen-bond donors (Lipinski definition) is 2. The Labute approximate surface area is 168 Å². The number of anilines is 1. The van der Waals surface area contributed by atoms with Crippen LogP contribution < -0.4 is 21.6 Å². The minimum atomic E-state index is -0.502. The average molecular weight is 417 g/mol. The number of H-pyrrole nitrogens is 1. The summed E-state index contributed by atoms with van der Waals surface area (Å²) in [5.74, 6) is -0.523. The molecule has 152 valence electrons. The lowest BCUT2D eigenvalue weighted by Crippen LogP contribution is -2.24. The van der Waals surface area contributed by atoms with Crippen molar-refractivity contribution in [3.05, 3.63) is 38.5 Å². The molecule has 0 spiro atoms. The van der Waals surface area contributed by atoms with Gasteiger partial charge in [-0.25, -0.2) is 4.39 Å². The molecule has 1 saturated heterocycles. The van der Waals surface area contributed by atoms with E-state index in [0.29, 0.717) is 35.7 Å². The van der Waals surface area contributed by atoms with Crippen molar-refractivity contribution in [3.63, 3.8) is 0 Å². The highest BCUT2D eigenvalue weighted by Gasteiger charge is 2.33. The first kappa shape index (κ1) is 18.3. The number of hydrogen-bond acceptors (Lipinski definition) is 7. The molecule has 0 amide bonds. The molecule has 0 radical (unpaired) electrons. The first-order valence-corrected chi connectivity index (χ1v) is 10.3. The Kier molecular flexibility index (Phi) is 4.21. The Morgan fingerprint density at radius 1 is 1.38 bits per heavy atom. The highest BCUT2D eigenvalue weighted by atomic mass is 32.1. The van der Waals surface area contributed by atoms with Gasteiger partial charge in [-0.05, 0) is 36.5 Å². The molecule has 10 heteroatoms. The molecule has 2 aliphatic rings. The number of oxime groups is 1. The lowest BCUT2D eigenvalue weighted by molar-refractivity contribution is 0.211. The first-order chi connectivity index (χ1) is 14.0. The Hall–Kier alpha value is -2.72. The van der Waals surface area contributed by atoms with E-state index in [2.05, 4.69) is 9.53 Å². The molecular formula is C19H20FN5O3S. The van der Waals surface area contributed by atoms with Crippen molar-refractivity contribution in [2.45, 2.75) is 18.9 Å². The van der Waals surface area contributed by atoms with Gasteiger partial charge in [-0.3, -0.25) is 14.0 Å². The summed E-state index contributed by atoms with van der Waals surface area (Å²) in [5.41, 5.74) is 6.82. The number of nitrogens with two attached hydrogens (primary N) is 1. The third-order valence-corrected chi connectivity index (χ3v) is 6.59. The SMILES string of the molecule is CO/N=C1/CN(c2cc3c(cc2F)c(=O)c2c(=O)[nH]sc2n3C2CC2)C[C@H]1CN. The molecule has 1 atom stereocenters. The fourth-order valence-corrected chi connectivity index (χ4v) is 5.08. The van der Waals surface area contributed by atoms with Crippen LogP contribution in [0.2, 0.25) is 0 Å². The monoisotopic (exact) mass is 417 g/mol. The minimum absolute atomic E-state index is 0.0203. The van der Waals surface area contributed by atoms with Crippen molar-refractivity contribution >= 4 is 44.1 Å². The highest BCUT2D eigenvalue weighted by molar-refractivity contribution is 7.12. The van der Waals surface area contributed by atoms with Crippen LogP contribution >= 0.6 is 11.5 Å². The van der Waals surface area contributed by atoms with Crippen molar-refractivity contribution in [2.75, 3.05) is 31.6 Å². The molecule has 0 unspecified atom stereocenters. The summed E-state index contributed by atoms with van der Waals surface area (Å²) in [5, 5.41) is 4.38. The van der Waals surface area contributed by atoms with E-state index < -0.39 is 16.8 Å². The molecule has 3 heterocycles. The van der Waals surface area contributed by atoms with E-state index in [4.69, 9.17) is 10.6 Å². The van der Waals surface area contributed by atoms with Crippen LogP contribution in [0.4, 0.5) is 10.1 Å². The van der Waals surface area contributed by atoms with Gasteiger partial charge in [0, 0.05) is 30.4 Å². The van der Waals surface area contributed by atoms with Crippen LogP contribution in [0.5, 0.6) is 0 Å². The van der Waals surface area contributed by atoms with Crippen LogP contribution in [-0.2, 0) is 4.84 Å². The summed E-state index contributed by atoms with van der Waals surface area (Å²) in [6.07, 6.45) is 1.94. The predicted octanol–water partition coefficient (Wildman–Crippen LogP) is 1.78. The lowest BCUT2D eigenvalue weighted by atomic mass is 10.1. The van der Waals surface area contributed by atoms with E-state index in [9.17, 15) is 9.59 Å². The molecule has 3 N–H and O–H groups in total. The van der Waals surface area contributed by atoms with E-state index in [0.717, 1.165) is 30.1 Å². The normalized spacial score (nSPS) is 21.0. The van der Waals surface area contributed by atoms with Crippen molar-refractivity contribution in [2.24, 2.45) is 16.8 Å². The number of aromatic nitrogens is 2. The number of rotatable bonds is 4. The maximum absolute atomic E-state index is 15.1. The van der Waals surface area contributed by atoms with Gasteiger partial charge in [0.05, 0.1) is 23.5 Å². The summed E-state index contributed by atoms with van der Waals surface area (Å²) in [4.78, 5) is 32.5. The van der Waals surface area contributed by atoms with Gasteiger partial charge in [0.2, 0.25) is 5.43 Å². The summed E-state index contributed by atoms with van der Waals surface area (Å²) < 4.78 is 19.8. The standard InChI is InChI=1S/C19H20FN5O3S/c1-28-22-13-8-24(7-9(13)6-21)15-5-14-11(4-12(15)20)17(26)16-18(27)23-29-19(16)25(14)10-2-3-10/h4-5,9-10H,2-3,6-8,21H2,1H3,(H,23,27)/b22-13-/t9-/m1/s1. The quantitative estimate of drug-likeness (QED) is 0.630. The fourth-order valence-electron chi connectivity index (χ4n) is 4.15. The third kappa shape index (κ3) is 2.77. The van der Waals surface area contributed by atoms with E-state index in [1.165, 1.54) is 13.2 Å². The van der Waals surface area contributed by atoms with Gasteiger partial charge in [-0.2, -0.15) is 0 Å². The van der Waals surface area contributed by atoms with Crippen molar-refractivity contribution in [3.8, 4) is 0 Å². The fraction of sp³-hybridized carbons (Fsp3) is 0.421. The summed E-state index contributed by atoms with van der Waals surface area (Å²) in [6.45, 7) is 1.32. The third-order valence-electron chi connectivity index (χ3n) is 5.71. The van der Waals surface area contributed by atoms with E-state index in [1.807, 2.05) is 9.47 Å². The number of pyridine rings is 1. The molecule has 1 aliphatic carbocycles. The molecule has 2 fully saturated rings. The molecule has 0 bridgehead atoms. The smallest absolute Gasteiger partial charge is 0.271 e. The number of fused-ring (bicyclic) bond motifs is 2. The number of aromatic amines is 1.